The number of esters is 1. The number of azide groups is 1. The van der Waals surface area contributed by atoms with Gasteiger partial charge in [0.1, 0.15) is 5.01 Å². The lowest BCUT2D eigenvalue weighted by atomic mass is 10.3. The molecule has 1 aromatic rings. The third-order valence-corrected chi connectivity index (χ3v) is 2.60. The summed E-state index contributed by atoms with van der Waals surface area (Å²) >= 11 is 1.36. The van der Waals surface area contributed by atoms with Crippen molar-refractivity contribution in [3.05, 3.63) is 27.0 Å². The highest BCUT2D eigenvalue weighted by Gasteiger charge is 2.22. The van der Waals surface area contributed by atoms with Crippen molar-refractivity contribution >= 4 is 17.3 Å². The van der Waals surface area contributed by atoms with Gasteiger partial charge in [-0.2, -0.15) is 0 Å². The van der Waals surface area contributed by atoms with Crippen molar-refractivity contribution in [1.82, 2.24) is 10.3 Å². The number of nitrogens with zero attached hydrogens (tertiary/aromatic N) is 4. The zero-order valence-corrected chi connectivity index (χ0v) is 9.48. The van der Waals surface area contributed by atoms with Crippen molar-refractivity contribution in [2.75, 3.05) is 20.2 Å². The lowest BCUT2D eigenvalue weighted by molar-refractivity contribution is -0.143. The Bertz CT molecular complexity index is 374. The standard InChI is InChI=1S/C8H11N5O2S/c1-15-8(14)6(7-11-4-5-16-7)10-2-3-12-13-9/h4-6,10H,2-3H2,1H3. The van der Waals surface area contributed by atoms with E-state index < -0.39 is 12.0 Å². The van der Waals surface area contributed by atoms with Gasteiger partial charge in [-0.25, -0.2) is 9.78 Å². The Morgan fingerprint density at radius 1 is 1.88 bits per heavy atom. The third-order valence-electron chi connectivity index (χ3n) is 1.76. The molecule has 0 saturated heterocycles. The summed E-state index contributed by atoms with van der Waals surface area (Å²) in [5, 5.41) is 8.69. The maximum atomic E-state index is 11.5. The van der Waals surface area contributed by atoms with Gasteiger partial charge in [0, 0.05) is 29.6 Å². The molecule has 0 spiro atoms. The molecule has 0 radical (unpaired) electrons. The summed E-state index contributed by atoms with van der Waals surface area (Å²) in [6.45, 7) is 0.665. The number of methoxy groups -OCH3 is 1. The Morgan fingerprint density at radius 2 is 2.69 bits per heavy atom. The Hall–Kier alpha value is -1.63. The van der Waals surface area contributed by atoms with Gasteiger partial charge in [-0.05, 0) is 5.53 Å². The maximum Gasteiger partial charge on any atom is 0.330 e. The largest absolute Gasteiger partial charge is 0.468 e. The lowest BCUT2D eigenvalue weighted by Gasteiger charge is -2.12. The van der Waals surface area contributed by atoms with Crippen LogP contribution in [-0.4, -0.2) is 31.2 Å². The molecule has 0 aliphatic heterocycles. The fourth-order valence-corrected chi connectivity index (χ4v) is 1.77. The van der Waals surface area contributed by atoms with Crippen LogP contribution in [0.15, 0.2) is 16.7 Å². The van der Waals surface area contributed by atoms with Crippen molar-refractivity contribution < 1.29 is 9.53 Å². The zero-order chi connectivity index (χ0) is 11.8. The van der Waals surface area contributed by atoms with Gasteiger partial charge in [-0.3, -0.25) is 5.32 Å². The maximum absolute atomic E-state index is 11.5. The minimum absolute atomic E-state index is 0.273. The van der Waals surface area contributed by atoms with Gasteiger partial charge in [0.25, 0.3) is 0 Å². The summed E-state index contributed by atoms with van der Waals surface area (Å²) in [6.07, 6.45) is 1.62. The number of carbonyl (C=O) groups excluding carboxylic acids is 1. The molecular formula is C8H11N5O2S. The van der Waals surface area contributed by atoms with Gasteiger partial charge in [-0.1, -0.05) is 5.11 Å². The summed E-state index contributed by atoms with van der Waals surface area (Å²) in [5.74, 6) is -0.407. The van der Waals surface area contributed by atoms with Gasteiger partial charge in [0.05, 0.1) is 7.11 Å². The Labute approximate surface area is 96.1 Å². The van der Waals surface area contributed by atoms with E-state index in [4.69, 9.17) is 5.53 Å². The van der Waals surface area contributed by atoms with E-state index in [1.54, 1.807) is 11.6 Å². The van der Waals surface area contributed by atoms with Crippen LogP contribution in [0.3, 0.4) is 0 Å². The average Bonchev–Trinajstić information content (AvgIpc) is 2.82. The zero-order valence-electron chi connectivity index (χ0n) is 8.66. The van der Waals surface area contributed by atoms with Crippen LogP contribution < -0.4 is 5.32 Å². The second-order valence-electron chi connectivity index (χ2n) is 2.74. The van der Waals surface area contributed by atoms with Gasteiger partial charge in [0.2, 0.25) is 0 Å². The van der Waals surface area contributed by atoms with Crippen LogP contribution in [-0.2, 0) is 9.53 Å². The first-order valence-electron chi connectivity index (χ1n) is 4.51. The second kappa shape index (κ2) is 6.78. The summed E-state index contributed by atoms with van der Waals surface area (Å²) < 4.78 is 4.65. The Kier molecular flexibility index (Phi) is 5.27. The predicted molar refractivity (Wildman–Crippen MR) is 58.9 cm³/mol. The second-order valence-corrected chi connectivity index (χ2v) is 3.66. The van der Waals surface area contributed by atoms with Crippen molar-refractivity contribution in [3.8, 4) is 0 Å². The number of rotatable bonds is 6. The predicted octanol–water partition coefficient (Wildman–Crippen LogP) is 1.26. The number of ether oxygens (including phenoxy) is 1. The fraction of sp³-hybridized carbons (Fsp3) is 0.500. The molecule has 0 bridgehead atoms. The molecule has 86 valence electrons. The molecule has 0 saturated carbocycles. The molecule has 7 nitrogen and oxygen atoms in total. The number of aromatic nitrogens is 1. The van der Waals surface area contributed by atoms with Gasteiger partial charge >= 0.3 is 5.97 Å². The minimum Gasteiger partial charge on any atom is -0.468 e. The molecule has 1 N–H and O–H groups in total. The van der Waals surface area contributed by atoms with E-state index in [1.165, 1.54) is 18.4 Å². The van der Waals surface area contributed by atoms with Crippen LogP contribution >= 0.6 is 11.3 Å². The van der Waals surface area contributed by atoms with E-state index in [1.807, 2.05) is 0 Å². The first-order chi connectivity index (χ1) is 7.79. The molecule has 0 aliphatic rings. The van der Waals surface area contributed by atoms with E-state index in [9.17, 15) is 4.79 Å². The topological polar surface area (TPSA) is 100.0 Å². The highest BCUT2D eigenvalue weighted by atomic mass is 32.1. The lowest BCUT2D eigenvalue weighted by Crippen LogP contribution is -2.31. The molecule has 1 aromatic heterocycles. The summed E-state index contributed by atoms with van der Waals surface area (Å²) in [6, 6.07) is -0.598. The van der Waals surface area contributed by atoms with Crippen molar-refractivity contribution in [1.29, 1.82) is 0 Å². The molecular weight excluding hydrogens is 230 g/mol. The number of carbonyl (C=O) groups is 1. The third kappa shape index (κ3) is 3.50. The summed E-state index contributed by atoms with van der Waals surface area (Å²) in [5.41, 5.74) is 8.10. The molecule has 1 heterocycles. The van der Waals surface area contributed by atoms with Crippen LogP contribution in [0.4, 0.5) is 0 Å². The Morgan fingerprint density at radius 3 is 3.25 bits per heavy atom. The first-order valence-corrected chi connectivity index (χ1v) is 5.39. The number of nitrogens with one attached hydrogen (secondary N) is 1. The van der Waals surface area contributed by atoms with Crippen LogP contribution in [0.2, 0.25) is 0 Å². The molecule has 0 fully saturated rings. The fourth-order valence-electron chi connectivity index (χ4n) is 1.07. The molecule has 0 aromatic carbocycles. The summed E-state index contributed by atoms with van der Waals surface area (Å²) in [7, 11) is 1.32. The van der Waals surface area contributed by atoms with Crippen LogP contribution in [0.25, 0.3) is 10.4 Å². The average molecular weight is 241 g/mol. The molecule has 0 aliphatic carbocycles. The minimum atomic E-state index is -0.598. The van der Waals surface area contributed by atoms with Gasteiger partial charge in [0.15, 0.2) is 6.04 Å². The van der Waals surface area contributed by atoms with Crippen molar-refractivity contribution in [3.63, 3.8) is 0 Å². The quantitative estimate of drug-likeness (QED) is 0.266. The van der Waals surface area contributed by atoms with Gasteiger partial charge < -0.3 is 4.74 Å². The molecule has 1 unspecified atom stereocenters. The normalized spacial score (nSPS) is 11.6. The number of thiazole rings is 1. The highest BCUT2D eigenvalue weighted by Crippen LogP contribution is 2.16. The molecule has 1 rings (SSSR count). The molecule has 0 amide bonds. The van der Waals surface area contributed by atoms with Crippen molar-refractivity contribution in [2.45, 2.75) is 6.04 Å². The Balaban J connectivity index is 2.58. The van der Waals surface area contributed by atoms with Crippen molar-refractivity contribution in [2.24, 2.45) is 5.11 Å². The molecule has 16 heavy (non-hydrogen) atoms. The number of hydrogen-bond acceptors (Lipinski definition) is 6. The molecule has 1 atom stereocenters. The smallest absolute Gasteiger partial charge is 0.330 e. The monoisotopic (exact) mass is 241 g/mol. The van der Waals surface area contributed by atoms with E-state index in [0.29, 0.717) is 11.6 Å². The summed E-state index contributed by atoms with van der Waals surface area (Å²) in [4.78, 5) is 18.1. The van der Waals surface area contributed by atoms with Crippen LogP contribution in [0, 0.1) is 0 Å². The first kappa shape index (κ1) is 12.4. The van der Waals surface area contributed by atoms with E-state index in [2.05, 4.69) is 25.1 Å². The van der Waals surface area contributed by atoms with E-state index in [-0.39, 0.29) is 6.54 Å². The number of hydrogen-bond donors (Lipinski definition) is 1. The highest BCUT2D eigenvalue weighted by molar-refractivity contribution is 7.09. The van der Waals surface area contributed by atoms with Crippen LogP contribution in [0.1, 0.15) is 11.0 Å². The van der Waals surface area contributed by atoms with Crippen LogP contribution in [0.5, 0.6) is 0 Å². The van der Waals surface area contributed by atoms with Gasteiger partial charge in [-0.15, -0.1) is 11.3 Å². The SMILES string of the molecule is COC(=O)C(NCCN=[N+]=[N-])c1nccs1. The van der Waals surface area contributed by atoms with E-state index >= 15 is 0 Å². The molecule has 8 heteroatoms. The van der Waals surface area contributed by atoms with E-state index in [0.717, 1.165) is 0 Å².